The van der Waals surface area contributed by atoms with Crippen LogP contribution in [0, 0.1) is 0 Å². The van der Waals surface area contributed by atoms with Crippen LogP contribution in [-0.2, 0) is 4.74 Å². The largest absolute Gasteiger partial charge is 0.496 e. The molecule has 0 saturated carbocycles. The van der Waals surface area contributed by atoms with Crippen LogP contribution < -0.4 is 5.32 Å². The van der Waals surface area contributed by atoms with Crippen molar-refractivity contribution in [2.24, 2.45) is 0 Å². The van der Waals surface area contributed by atoms with Crippen molar-refractivity contribution in [1.29, 1.82) is 0 Å². The number of hydrogen-bond donors (Lipinski definition) is 1. The van der Waals surface area contributed by atoms with E-state index in [1.807, 2.05) is 0 Å². The van der Waals surface area contributed by atoms with Gasteiger partial charge in [-0.1, -0.05) is 13.3 Å². The first-order chi connectivity index (χ1) is 7.92. The van der Waals surface area contributed by atoms with E-state index in [0.717, 1.165) is 24.8 Å². The van der Waals surface area contributed by atoms with Crippen LogP contribution in [0.3, 0.4) is 0 Å². The van der Waals surface area contributed by atoms with E-state index in [4.69, 9.17) is 4.74 Å². The highest BCUT2D eigenvalue weighted by molar-refractivity contribution is 8.00. The molecule has 1 N–H and O–H groups in total. The first kappa shape index (κ1) is 12.3. The van der Waals surface area contributed by atoms with E-state index in [0.29, 0.717) is 6.04 Å². The molecule has 0 spiro atoms. The van der Waals surface area contributed by atoms with Crippen LogP contribution in [0.25, 0.3) is 0 Å². The van der Waals surface area contributed by atoms with Gasteiger partial charge in [0.05, 0.1) is 12.6 Å². The topological polar surface area (TPSA) is 21.3 Å². The Hall–Kier alpha value is -0.150. The second-order valence-corrected chi connectivity index (χ2v) is 5.93. The Balaban J connectivity index is 1.94. The predicted octanol–water partition coefficient (Wildman–Crippen LogP) is 2.94. The molecule has 2 unspecified atom stereocenters. The summed E-state index contributed by atoms with van der Waals surface area (Å²) in [7, 11) is 0. The van der Waals surface area contributed by atoms with E-state index in [2.05, 4.69) is 30.1 Å². The minimum atomic E-state index is 0.466. The number of hydrogen-bond acceptors (Lipinski definition) is 3. The molecule has 0 aromatic rings. The Kier molecular flexibility index (Phi) is 5.04. The molecule has 2 heterocycles. The highest BCUT2D eigenvalue weighted by atomic mass is 32.2. The van der Waals surface area contributed by atoms with Crippen molar-refractivity contribution in [3.05, 3.63) is 11.8 Å². The molecule has 1 saturated heterocycles. The van der Waals surface area contributed by atoms with E-state index in [9.17, 15) is 0 Å². The molecule has 92 valence electrons. The standard InChI is InChI=1S/C13H23NOS/c1-2-8-14-13(11-6-5-9-15-11)12-7-3-4-10-16-12/h6,12-14H,2-5,7-10H2,1H3. The number of thioether (sulfide) groups is 1. The van der Waals surface area contributed by atoms with Crippen molar-refractivity contribution in [3.63, 3.8) is 0 Å². The summed E-state index contributed by atoms with van der Waals surface area (Å²) in [5.41, 5.74) is 0. The van der Waals surface area contributed by atoms with Gasteiger partial charge >= 0.3 is 0 Å². The van der Waals surface area contributed by atoms with Gasteiger partial charge in [0.15, 0.2) is 0 Å². The summed E-state index contributed by atoms with van der Waals surface area (Å²) in [5, 5.41) is 4.39. The van der Waals surface area contributed by atoms with Gasteiger partial charge < -0.3 is 10.1 Å². The van der Waals surface area contributed by atoms with Crippen LogP contribution in [-0.4, -0.2) is 30.2 Å². The van der Waals surface area contributed by atoms with Crippen LogP contribution in [0.5, 0.6) is 0 Å². The third kappa shape index (κ3) is 3.17. The molecule has 0 aliphatic carbocycles. The second-order valence-electron chi connectivity index (χ2n) is 4.58. The summed E-state index contributed by atoms with van der Waals surface area (Å²) in [5.74, 6) is 2.54. The van der Waals surface area contributed by atoms with Crippen LogP contribution >= 0.6 is 11.8 Å². The minimum absolute atomic E-state index is 0.466. The second kappa shape index (κ2) is 6.55. The van der Waals surface area contributed by atoms with Crippen molar-refractivity contribution in [3.8, 4) is 0 Å². The average molecular weight is 241 g/mol. The van der Waals surface area contributed by atoms with Gasteiger partial charge in [-0.25, -0.2) is 0 Å². The van der Waals surface area contributed by atoms with E-state index in [1.165, 1.54) is 37.2 Å². The summed E-state index contributed by atoms with van der Waals surface area (Å²) < 4.78 is 5.75. The summed E-state index contributed by atoms with van der Waals surface area (Å²) in [6.07, 6.45) is 8.68. The quantitative estimate of drug-likeness (QED) is 0.799. The van der Waals surface area contributed by atoms with Crippen LogP contribution in [0.15, 0.2) is 11.8 Å². The Morgan fingerprint density at radius 1 is 1.56 bits per heavy atom. The zero-order valence-electron chi connectivity index (χ0n) is 10.2. The maximum atomic E-state index is 5.75. The molecule has 16 heavy (non-hydrogen) atoms. The lowest BCUT2D eigenvalue weighted by molar-refractivity contribution is 0.211. The van der Waals surface area contributed by atoms with Gasteiger partial charge in [0, 0.05) is 11.7 Å². The molecular formula is C13H23NOS. The Bertz CT molecular complexity index is 236. The van der Waals surface area contributed by atoms with Crippen molar-refractivity contribution >= 4 is 11.8 Å². The van der Waals surface area contributed by atoms with E-state index in [-0.39, 0.29) is 0 Å². The van der Waals surface area contributed by atoms with Gasteiger partial charge in [0.2, 0.25) is 0 Å². The fourth-order valence-corrected chi connectivity index (χ4v) is 3.83. The maximum absolute atomic E-state index is 5.75. The van der Waals surface area contributed by atoms with Crippen molar-refractivity contribution in [2.45, 2.75) is 50.3 Å². The monoisotopic (exact) mass is 241 g/mol. The SMILES string of the molecule is CCCNC(C1=CCCO1)C1CCCCS1. The molecule has 0 aromatic carbocycles. The smallest absolute Gasteiger partial charge is 0.110 e. The fraction of sp³-hybridized carbons (Fsp3) is 0.846. The normalized spacial score (nSPS) is 27.3. The van der Waals surface area contributed by atoms with Gasteiger partial charge in [-0.05, 0) is 37.6 Å². The molecule has 0 aromatic heterocycles. The lowest BCUT2D eigenvalue weighted by Crippen LogP contribution is -2.41. The van der Waals surface area contributed by atoms with Gasteiger partial charge in [-0.2, -0.15) is 11.8 Å². The average Bonchev–Trinajstić information content (AvgIpc) is 2.85. The zero-order chi connectivity index (χ0) is 11.2. The molecule has 2 atom stereocenters. The van der Waals surface area contributed by atoms with Crippen LogP contribution in [0.2, 0.25) is 0 Å². The van der Waals surface area contributed by atoms with Gasteiger partial charge in [-0.3, -0.25) is 0 Å². The first-order valence-corrected chi connectivity index (χ1v) is 7.64. The fourth-order valence-electron chi connectivity index (χ4n) is 2.40. The molecule has 0 bridgehead atoms. The summed E-state index contributed by atoms with van der Waals surface area (Å²) in [6.45, 7) is 4.21. The lowest BCUT2D eigenvalue weighted by atomic mass is 10.0. The third-order valence-electron chi connectivity index (χ3n) is 3.24. The number of rotatable bonds is 5. The van der Waals surface area contributed by atoms with Gasteiger partial charge in [0.25, 0.3) is 0 Å². The third-order valence-corrected chi connectivity index (χ3v) is 4.70. The predicted molar refractivity (Wildman–Crippen MR) is 70.8 cm³/mol. The molecule has 2 nitrogen and oxygen atoms in total. The van der Waals surface area contributed by atoms with Gasteiger partial charge in [0.1, 0.15) is 5.76 Å². The maximum Gasteiger partial charge on any atom is 0.110 e. The molecular weight excluding hydrogens is 218 g/mol. The van der Waals surface area contributed by atoms with Gasteiger partial charge in [-0.15, -0.1) is 0 Å². The van der Waals surface area contributed by atoms with E-state index in [1.54, 1.807) is 0 Å². The van der Waals surface area contributed by atoms with Crippen LogP contribution in [0.1, 0.15) is 39.0 Å². The molecule has 2 aliphatic rings. The van der Waals surface area contributed by atoms with Crippen molar-refractivity contribution in [2.75, 3.05) is 18.9 Å². The van der Waals surface area contributed by atoms with Crippen LogP contribution in [0.4, 0.5) is 0 Å². The molecule has 0 amide bonds. The first-order valence-electron chi connectivity index (χ1n) is 6.59. The highest BCUT2D eigenvalue weighted by Gasteiger charge is 2.28. The summed E-state index contributed by atoms with van der Waals surface area (Å²) in [6, 6.07) is 0.466. The Morgan fingerprint density at radius 3 is 3.12 bits per heavy atom. The molecule has 3 heteroatoms. The van der Waals surface area contributed by atoms with Crippen molar-refractivity contribution < 1.29 is 4.74 Å². The summed E-state index contributed by atoms with van der Waals surface area (Å²) in [4.78, 5) is 0. The molecule has 1 fully saturated rings. The Morgan fingerprint density at radius 2 is 2.50 bits per heavy atom. The van der Waals surface area contributed by atoms with E-state index < -0.39 is 0 Å². The Labute approximate surface area is 103 Å². The minimum Gasteiger partial charge on any atom is -0.496 e. The molecule has 0 radical (unpaired) electrons. The van der Waals surface area contributed by atoms with E-state index >= 15 is 0 Å². The zero-order valence-corrected chi connectivity index (χ0v) is 11.0. The highest BCUT2D eigenvalue weighted by Crippen LogP contribution is 2.31. The number of ether oxygens (including phenoxy) is 1. The number of nitrogens with one attached hydrogen (secondary N) is 1. The summed E-state index contributed by atoms with van der Waals surface area (Å²) >= 11 is 2.13. The molecule has 2 aliphatic heterocycles. The van der Waals surface area contributed by atoms with Crippen molar-refractivity contribution in [1.82, 2.24) is 5.32 Å². The lowest BCUT2D eigenvalue weighted by Gasteiger charge is -2.31. The molecule has 2 rings (SSSR count).